The first-order chi connectivity index (χ1) is 21.8. The third-order valence-corrected chi connectivity index (χ3v) is 8.61. The van der Waals surface area contributed by atoms with Crippen LogP contribution in [0.4, 0.5) is 16.2 Å². The summed E-state index contributed by atoms with van der Waals surface area (Å²) in [6.45, 7) is 5.41. The summed E-state index contributed by atoms with van der Waals surface area (Å²) >= 11 is 0. The zero-order valence-corrected chi connectivity index (χ0v) is 25.5. The second-order valence-electron chi connectivity index (χ2n) is 11.8. The van der Waals surface area contributed by atoms with Crippen molar-refractivity contribution in [3.8, 4) is 16.9 Å². The van der Waals surface area contributed by atoms with Crippen LogP contribution in [0.3, 0.4) is 0 Å². The van der Waals surface area contributed by atoms with Crippen molar-refractivity contribution in [1.29, 1.82) is 0 Å². The largest absolute Gasteiger partial charge is 0.493 e. The second kappa shape index (κ2) is 12.9. The van der Waals surface area contributed by atoms with Gasteiger partial charge in [0.25, 0.3) is 0 Å². The van der Waals surface area contributed by atoms with Gasteiger partial charge in [-0.2, -0.15) is 5.10 Å². The molecule has 1 fully saturated rings. The Hall–Kier alpha value is -5.12. The summed E-state index contributed by atoms with van der Waals surface area (Å²) in [5, 5.41) is 18.3. The molecule has 2 heterocycles. The molecule has 0 radical (unpaired) electrons. The van der Waals surface area contributed by atoms with Crippen molar-refractivity contribution in [3.05, 3.63) is 95.3 Å². The minimum Gasteiger partial charge on any atom is -0.493 e. The van der Waals surface area contributed by atoms with Crippen LogP contribution >= 0.6 is 0 Å². The summed E-state index contributed by atoms with van der Waals surface area (Å²) in [6, 6.07) is 19.0. The van der Waals surface area contributed by atoms with Crippen molar-refractivity contribution >= 4 is 29.3 Å². The van der Waals surface area contributed by atoms with Gasteiger partial charge in [0.1, 0.15) is 12.3 Å². The SMILES string of the molecule is Cc1cccc(OCCCC(=O)N2C[C@H]3CC3c3c(-c4cnn(Cc5cccc(NC(=O)NCC(=O)O)c5)c4)cccc32)c1C. The highest BCUT2D eigenvalue weighted by atomic mass is 16.5. The lowest BCUT2D eigenvalue weighted by atomic mass is 9.92. The Balaban J connectivity index is 1.11. The molecule has 0 bridgehead atoms. The number of rotatable bonds is 11. The van der Waals surface area contributed by atoms with Crippen LogP contribution in [-0.2, 0) is 16.1 Å². The van der Waals surface area contributed by atoms with E-state index in [4.69, 9.17) is 9.84 Å². The first-order valence-electron chi connectivity index (χ1n) is 15.3. The van der Waals surface area contributed by atoms with E-state index in [1.54, 1.807) is 6.07 Å². The van der Waals surface area contributed by atoms with Crippen molar-refractivity contribution in [2.24, 2.45) is 5.92 Å². The van der Waals surface area contributed by atoms with Gasteiger partial charge in [-0.25, -0.2) is 4.79 Å². The van der Waals surface area contributed by atoms with Crippen LogP contribution < -0.4 is 20.3 Å². The normalized spacial score (nSPS) is 16.4. The quantitative estimate of drug-likeness (QED) is 0.187. The molecule has 232 valence electrons. The van der Waals surface area contributed by atoms with Crippen LogP contribution in [0.1, 0.15) is 47.4 Å². The van der Waals surface area contributed by atoms with Crippen LogP contribution in [-0.4, -0.2) is 52.5 Å². The number of anilines is 2. The molecule has 3 aromatic carbocycles. The summed E-state index contributed by atoms with van der Waals surface area (Å²) in [5.74, 6) is 0.822. The zero-order valence-electron chi connectivity index (χ0n) is 25.5. The number of carbonyl (C=O) groups is 3. The topological polar surface area (TPSA) is 126 Å². The molecule has 6 rings (SSSR count). The number of hydrogen-bond acceptors (Lipinski definition) is 5. The molecular formula is C35H37N5O5. The molecule has 1 unspecified atom stereocenters. The summed E-state index contributed by atoms with van der Waals surface area (Å²) in [6.07, 6.45) is 6.04. The van der Waals surface area contributed by atoms with E-state index in [0.717, 1.165) is 46.7 Å². The monoisotopic (exact) mass is 607 g/mol. The van der Waals surface area contributed by atoms with Crippen LogP contribution in [0.15, 0.2) is 73.1 Å². The fraction of sp³-hybridized carbons (Fsp3) is 0.314. The van der Waals surface area contributed by atoms with E-state index < -0.39 is 18.5 Å². The van der Waals surface area contributed by atoms with E-state index in [-0.39, 0.29) is 5.91 Å². The number of carboxylic acid groups (broad SMARTS) is 1. The highest BCUT2D eigenvalue weighted by molar-refractivity contribution is 5.97. The third-order valence-electron chi connectivity index (χ3n) is 8.61. The molecule has 0 saturated heterocycles. The molecule has 0 spiro atoms. The fourth-order valence-corrected chi connectivity index (χ4v) is 6.08. The Morgan fingerprint density at radius 2 is 1.89 bits per heavy atom. The Morgan fingerprint density at radius 1 is 1.07 bits per heavy atom. The maximum Gasteiger partial charge on any atom is 0.323 e. The van der Waals surface area contributed by atoms with Gasteiger partial charge >= 0.3 is 12.0 Å². The van der Waals surface area contributed by atoms with Crippen molar-refractivity contribution in [1.82, 2.24) is 15.1 Å². The van der Waals surface area contributed by atoms with E-state index in [1.165, 1.54) is 11.1 Å². The maximum absolute atomic E-state index is 13.5. The molecular weight excluding hydrogens is 570 g/mol. The first kappa shape index (κ1) is 29.9. The summed E-state index contributed by atoms with van der Waals surface area (Å²) < 4.78 is 7.85. The number of nitrogens with one attached hydrogen (secondary N) is 2. The van der Waals surface area contributed by atoms with Gasteiger partial charge in [0.15, 0.2) is 0 Å². The first-order valence-corrected chi connectivity index (χ1v) is 15.3. The third kappa shape index (κ3) is 6.85. The number of amides is 3. The molecule has 10 nitrogen and oxygen atoms in total. The van der Waals surface area contributed by atoms with E-state index in [1.807, 2.05) is 58.4 Å². The lowest BCUT2D eigenvalue weighted by molar-refractivity contribution is -0.135. The van der Waals surface area contributed by atoms with E-state index in [9.17, 15) is 14.4 Å². The Bertz CT molecular complexity index is 1750. The number of carboxylic acids is 1. The lowest BCUT2D eigenvalue weighted by Gasteiger charge is -2.30. The van der Waals surface area contributed by atoms with Gasteiger partial charge in [0, 0.05) is 36.1 Å². The number of fused-ring (bicyclic) bond motifs is 3. The molecule has 1 aromatic heterocycles. The predicted octanol–water partition coefficient (Wildman–Crippen LogP) is 5.73. The van der Waals surface area contributed by atoms with Crippen LogP contribution in [0, 0.1) is 19.8 Å². The number of aryl methyl sites for hydroxylation is 1. The van der Waals surface area contributed by atoms with Crippen molar-refractivity contribution in [2.45, 2.75) is 45.6 Å². The number of aliphatic carboxylic acids is 1. The number of aromatic nitrogens is 2. The average molecular weight is 608 g/mol. The summed E-state index contributed by atoms with van der Waals surface area (Å²) in [4.78, 5) is 38.1. The number of hydrogen-bond donors (Lipinski definition) is 3. The molecule has 1 aliphatic heterocycles. The highest BCUT2D eigenvalue weighted by Gasteiger charge is 2.47. The minimum absolute atomic E-state index is 0.129. The minimum atomic E-state index is -1.11. The summed E-state index contributed by atoms with van der Waals surface area (Å²) in [5.41, 5.74) is 8.14. The Kier molecular flexibility index (Phi) is 8.55. The van der Waals surface area contributed by atoms with Gasteiger partial charge in [0.2, 0.25) is 5.91 Å². The van der Waals surface area contributed by atoms with Gasteiger partial charge in [0.05, 0.1) is 19.3 Å². The average Bonchev–Trinajstić information content (AvgIpc) is 3.67. The molecule has 4 aromatic rings. The van der Waals surface area contributed by atoms with Crippen molar-refractivity contribution in [3.63, 3.8) is 0 Å². The zero-order chi connectivity index (χ0) is 31.5. The van der Waals surface area contributed by atoms with Gasteiger partial charge in [-0.05, 0) is 90.6 Å². The van der Waals surface area contributed by atoms with Gasteiger partial charge in [-0.1, -0.05) is 36.4 Å². The molecule has 3 amide bonds. The smallest absolute Gasteiger partial charge is 0.323 e. The van der Waals surface area contributed by atoms with Crippen molar-refractivity contribution in [2.75, 3.05) is 29.9 Å². The maximum atomic E-state index is 13.5. The molecule has 2 atom stereocenters. The summed E-state index contributed by atoms with van der Waals surface area (Å²) in [7, 11) is 0. The van der Waals surface area contributed by atoms with Gasteiger partial charge in [-0.15, -0.1) is 0 Å². The van der Waals surface area contributed by atoms with Crippen LogP contribution in [0.2, 0.25) is 0 Å². The molecule has 2 aliphatic rings. The predicted molar refractivity (Wildman–Crippen MR) is 172 cm³/mol. The number of benzene rings is 3. The number of ether oxygens (including phenoxy) is 1. The second-order valence-corrected chi connectivity index (χ2v) is 11.8. The highest BCUT2D eigenvalue weighted by Crippen LogP contribution is 2.57. The van der Waals surface area contributed by atoms with Gasteiger partial charge < -0.3 is 25.4 Å². The van der Waals surface area contributed by atoms with Gasteiger partial charge in [-0.3, -0.25) is 14.3 Å². The van der Waals surface area contributed by atoms with E-state index >= 15 is 0 Å². The molecule has 45 heavy (non-hydrogen) atoms. The van der Waals surface area contributed by atoms with Crippen LogP contribution in [0.25, 0.3) is 11.1 Å². The number of urea groups is 1. The lowest BCUT2D eigenvalue weighted by Crippen LogP contribution is -2.36. The molecule has 1 aliphatic carbocycles. The van der Waals surface area contributed by atoms with E-state index in [0.29, 0.717) is 43.5 Å². The molecule has 10 heteroatoms. The number of carbonyl (C=O) groups excluding carboxylic acids is 2. The standard InChI is InChI=1S/C35H37N5O5/c1-22-7-3-12-31(23(22)2)45-14-6-13-32(41)40-21-25-16-29(25)34-28(10-5-11-30(34)40)26-17-37-39(20-26)19-24-8-4-9-27(15-24)38-35(44)36-18-33(42)43/h3-5,7-12,15,17,20,25,29H,6,13-14,16,18-19,21H2,1-2H3,(H,42,43)(H2,36,38,44)/t25-,29?/m1/s1. The Morgan fingerprint density at radius 3 is 2.73 bits per heavy atom. The number of nitrogens with zero attached hydrogens (tertiary/aromatic N) is 3. The Labute approximate surface area is 262 Å². The van der Waals surface area contributed by atoms with Crippen molar-refractivity contribution < 1.29 is 24.2 Å². The fourth-order valence-electron chi connectivity index (χ4n) is 6.08. The molecule has 3 N–H and O–H groups in total. The van der Waals surface area contributed by atoms with E-state index in [2.05, 4.69) is 47.8 Å². The molecule has 1 saturated carbocycles. The van der Waals surface area contributed by atoms with Crippen LogP contribution in [0.5, 0.6) is 5.75 Å².